The summed E-state index contributed by atoms with van der Waals surface area (Å²) in [5, 5.41) is 11.1. The van der Waals surface area contributed by atoms with Crippen molar-refractivity contribution in [2.24, 2.45) is 5.73 Å². The molecular formula is C14H24N6O7. The van der Waals surface area contributed by atoms with E-state index in [9.17, 15) is 28.8 Å². The summed E-state index contributed by atoms with van der Waals surface area (Å²) in [5.74, 6) is -3.61. The van der Waals surface area contributed by atoms with Crippen LogP contribution < -0.4 is 32.3 Å². The number of nitrogens with two attached hydrogens (primary N) is 1. The van der Waals surface area contributed by atoms with E-state index in [0.29, 0.717) is 0 Å². The zero-order chi connectivity index (χ0) is 20.7. The van der Waals surface area contributed by atoms with Crippen LogP contribution in [-0.4, -0.2) is 81.4 Å². The maximum absolute atomic E-state index is 11.5. The molecule has 13 heteroatoms. The fourth-order valence-electron chi connectivity index (χ4n) is 1.42. The second-order valence-electron chi connectivity index (χ2n) is 4.89. The average molecular weight is 388 g/mol. The van der Waals surface area contributed by atoms with Gasteiger partial charge in [0.05, 0.1) is 39.3 Å². The Morgan fingerprint density at radius 3 is 1.30 bits per heavy atom. The lowest BCUT2D eigenvalue weighted by Gasteiger charge is -2.09. The van der Waals surface area contributed by atoms with Gasteiger partial charge in [0.15, 0.2) is 0 Å². The minimum absolute atomic E-state index is 0.188. The maximum Gasteiger partial charge on any atom is 0.325 e. The maximum atomic E-state index is 11.5. The third-order valence-corrected chi connectivity index (χ3v) is 2.71. The molecule has 0 saturated heterocycles. The molecule has 0 aliphatic heterocycles. The molecule has 7 N–H and O–H groups in total. The van der Waals surface area contributed by atoms with Gasteiger partial charge in [0.2, 0.25) is 29.5 Å². The Labute approximate surface area is 155 Å². The van der Waals surface area contributed by atoms with Crippen molar-refractivity contribution in [3.63, 3.8) is 0 Å². The van der Waals surface area contributed by atoms with Crippen LogP contribution in [0.2, 0.25) is 0 Å². The minimum Gasteiger partial charge on any atom is -0.465 e. The molecule has 152 valence electrons. The van der Waals surface area contributed by atoms with E-state index in [2.05, 4.69) is 31.3 Å². The number of hydrogen-bond donors (Lipinski definition) is 6. The van der Waals surface area contributed by atoms with E-state index >= 15 is 0 Å². The smallest absolute Gasteiger partial charge is 0.325 e. The van der Waals surface area contributed by atoms with Crippen molar-refractivity contribution >= 4 is 35.5 Å². The van der Waals surface area contributed by atoms with Crippen LogP contribution in [0.4, 0.5) is 0 Å². The predicted molar refractivity (Wildman–Crippen MR) is 90.7 cm³/mol. The van der Waals surface area contributed by atoms with E-state index in [1.165, 1.54) is 0 Å². The van der Waals surface area contributed by atoms with E-state index in [0.717, 1.165) is 0 Å². The predicted octanol–water partition coefficient (Wildman–Crippen LogP) is -4.91. The Morgan fingerprint density at radius 1 is 0.630 bits per heavy atom. The van der Waals surface area contributed by atoms with Crippen LogP contribution in [0.1, 0.15) is 6.92 Å². The highest BCUT2D eigenvalue weighted by molar-refractivity contribution is 5.91. The number of rotatable bonds is 12. The molecule has 0 saturated carbocycles. The van der Waals surface area contributed by atoms with E-state index in [1.54, 1.807) is 6.92 Å². The highest BCUT2D eigenvalue weighted by atomic mass is 16.5. The van der Waals surface area contributed by atoms with Gasteiger partial charge in [-0.3, -0.25) is 28.8 Å². The summed E-state index contributed by atoms with van der Waals surface area (Å²) < 4.78 is 4.61. The van der Waals surface area contributed by atoms with Crippen molar-refractivity contribution in [2.75, 3.05) is 45.9 Å². The van der Waals surface area contributed by atoms with Crippen LogP contribution in [-0.2, 0) is 33.5 Å². The molecule has 0 radical (unpaired) electrons. The first kappa shape index (κ1) is 23.8. The molecule has 0 rings (SSSR count). The molecule has 0 aromatic heterocycles. The normalized spacial score (nSPS) is 9.56. The van der Waals surface area contributed by atoms with Gasteiger partial charge in [-0.05, 0) is 6.92 Å². The van der Waals surface area contributed by atoms with Crippen LogP contribution >= 0.6 is 0 Å². The standard InChI is InChI=1S/C14H24N6O7/c1-2-27-14(26)8-20-13(25)7-19-12(24)6-18-11(23)5-17-10(22)4-16-9(21)3-15/h2-8,15H2,1H3,(H,16,21)(H,17,22)(H,18,23)(H,19,24)(H,20,25). The molecule has 27 heavy (non-hydrogen) atoms. The quantitative estimate of drug-likeness (QED) is 0.179. The summed E-state index contributed by atoms with van der Waals surface area (Å²) in [7, 11) is 0. The van der Waals surface area contributed by atoms with Crippen LogP contribution in [0, 0.1) is 0 Å². The fraction of sp³-hybridized carbons (Fsp3) is 0.571. The zero-order valence-electron chi connectivity index (χ0n) is 14.9. The second kappa shape index (κ2) is 14.0. The van der Waals surface area contributed by atoms with Gasteiger partial charge in [0.25, 0.3) is 0 Å². The van der Waals surface area contributed by atoms with Gasteiger partial charge in [-0.25, -0.2) is 0 Å². The number of hydrogen-bond acceptors (Lipinski definition) is 8. The third kappa shape index (κ3) is 13.7. The highest BCUT2D eigenvalue weighted by Crippen LogP contribution is 1.76. The van der Waals surface area contributed by atoms with Gasteiger partial charge >= 0.3 is 5.97 Å². The van der Waals surface area contributed by atoms with Gasteiger partial charge in [0.1, 0.15) is 6.54 Å². The average Bonchev–Trinajstić information content (AvgIpc) is 2.65. The third-order valence-electron chi connectivity index (χ3n) is 2.71. The zero-order valence-corrected chi connectivity index (χ0v) is 14.9. The molecule has 0 atom stereocenters. The summed E-state index contributed by atoms with van der Waals surface area (Å²) in [6.45, 7) is -0.285. The molecule has 13 nitrogen and oxygen atoms in total. The van der Waals surface area contributed by atoms with Gasteiger partial charge in [-0.1, -0.05) is 0 Å². The Balaban J connectivity index is 3.83. The first-order valence-corrected chi connectivity index (χ1v) is 7.97. The number of carbonyl (C=O) groups excluding carboxylic acids is 6. The lowest BCUT2D eigenvalue weighted by Crippen LogP contribution is -2.46. The van der Waals surface area contributed by atoms with E-state index in [4.69, 9.17) is 5.73 Å². The number of ether oxygens (including phenoxy) is 1. The molecule has 0 spiro atoms. The molecule has 0 aliphatic carbocycles. The molecule has 0 aliphatic rings. The Kier molecular flexibility index (Phi) is 12.3. The van der Waals surface area contributed by atoms with E-state index < -0.39 is 48.6 Å². The molecule has 0 heterocycles. The lowest BCUT2D eigenvalue weighted by molar-refractivity contribution is -0.143. The van der Waals surface area contributed by atoms with E-state index in [-0.39, 0.29) is 32.8 Å². The van der Waals surface area contributed by atoms with Gasteiger partial charge in [-0.2, -0.15) is 0 Å². The van der Waals surface area contributed by atoms with Crippen LogP contribution in [0.25, 0.3) is 0 Å². The highest BCUT2D eigenvalue weighted by Gasteiger charge is 2.10. The summed E-state index contributed by atoms with van der Waals surface area (Å²) in [5.41, 5.74) is 5.04. The number of amides is 5. The van der Waals surface area contributed by atoms with Crippen molar-refractivity contribution in [1.29, 1.82) is 0 Å². The van der Waals surface area contributed by atoms with Gasteiger partial charge in [0, 0.05) is 0 Å². The molecular weight excluding hydrogens is 364 g/mol. The first-order chi connectivity index (χ1) is 12.8. The van der Waals surface area contributed by atoms with Crippen molar-refractivity contribution in [2.45, 2.75) is 6.92 Å². The lowest BCUT2D eigenvalue weighted by atomic mass is 10.4. The largest absolute Gasteiger partial charge is 0.465 e. The van der Waals surface area contributed by atoms with Crippen LogP contribution in [0.15, 0.2) is 0 Å². The molecule has 5 amide bonds. The number of esters is 1. The van der Waals surface area contributed by atoms with E-state index in [1.807, 2.05) is 0 Å². The molecule has 0 unspecified atom stereocenters. The van der Waals surface area contributed by atoms with Gasteiger partial charge in [-0.15, -0.1) is 0 Å². The van der Waals surface area contributed by atoms with Crippen molar-refractivity contribution < 1.29 is 33.5 Å². The first-order valence-electron chi connectivity index (χ1n) is 7.97. The molecule has 0 bridgehead atoms. The number of nitrogens with one attached hydrogen (secondary N) is 5. The topological polar surface area (TPSA) is 198 Å². The Morgan fingerprint density at radius 2 is 0.963 bits per heavy atom. The molecule has 0 aromatic carbocycles. The summed E-state index contributed by atoms with van der Waals surface area (Å²) in [4.78, 5) is 67.6. The Bertz CT molecular complexity index is 566. The SMILES string of the molecule is CCOC(=O)CNC(=O)CNC(=O)CNC(=O)CNC(=O)CNC(=O)CN. The monoisotopic (exact) mass is 388 g/mol. The van der Waals surface area contributed by atoms with Gasteiger partial charge < -0.3 is 37.1 Å². The Hall–Kier alpha value is -3.22. The second-order valence-corrected chi connectivity index (χ2v) is 4.89. The molecule has 0 fully saturated rings. The fourth-order valence-corrected chi connectivity index (χ4v) is 1.42. The van der Waals surface area contributed by atoms with Crippen molar-refractivity contribution in [1.82, 2.24) is 26.6 Å². The summed E-state index contributed by atoms with van der Waals surface area (Å²) in [6, 6.07) is 0. The summed E-state index contributed by atoms with van der Waals surface area (Å²) in [6.07, 6.45) is 0. The molecule has 0 aromatic rings. The van der Waals surface area contributed by atoms with Crippen LogP contribution in [0.3, 0.4) is 0 Å². The van der Waals surface area contributed by atoms with Crippen molar-refractivity contribution in [3.8, 4) is 0 Å². The summed E-state index contributed by atoms with van der Waals surface area (Å²) >= 11 is 0. The van der Waals surface area contributed by atoms with Crippen LogP contribution in [0.5, 0.6) is 0 Å². The van der Waals surface area contributed by atoms with Crippen molar-refractivity contribution in [3.05, 3.63) is 0 Å². The minimum atomic E-state index is -0.643. The number of carbonyl (C=O) groups is 6.